The number of hydrogen-bond acceptors (Lipinski definition) is 2. The molecule has 7 heteroatoms. The predicted octanol–water partition coefficient (Wildman–Crippen LogP) is 2.32. The molecule has 1 saturated heterocycles. The van der Waals surface area contributed by atoms with Gasteiger partial charge in [0.05, 0.1) is 5.92 Å². The summed E-state index contributed by atoms with van der Waals surface area (Å²) in [4.78, 5) is 24.4. The Morgan fingerprint density at radius 2 is 1.71 bits per heavy atom. The van der Waals surface area contributed by atoms with Gasteiger partial charge < -0.3 is 15.3 Å². The van der Waals surface area contributed by atoms with E-state index in [0.717, 1.165) is 0 Å². The highest BCUT2D eigenvalue weighted by molar-refractivity contribution is 5.75. The third-order valence-corrected chi connectivity index (χ3v) is 4.51. The first-order valence-electron chi connectivity index (χ1n) is 7.51. The molecular formula is C14H22F2N2O3. The summed E-state index contributed by atoms with van der Waals surface area (Å²) < 4.78 is 26.1. The van der Waals surface area contributed by atoms with Gasteiger partial charge in [0.2, 0.25) is 5.92 Å². The van der Waals surface area contributed by atoms with Crippen LogP contribution >= 0.6 is 0 Å². The highest BCUT2D eigenvalue weighted by Crippen LogP contribution is 2.35. The van der Waals surface area contributed by atoms with Crippen molar-refractivity contribution in [1.29, 1.82) is 0 Å². The number of carboxylic acid groups (broad SMARTS) is 1. The average molecular weight is 304 g/mol. The fraction of sp³-hybridized carbons (Fsp3) is 0.857. The van der Waals surface area contributed by atoms with Crippen LogP contribution in [0, 0.1) is 11.8 Å². The van der Waals surface area contributed by atoms with Crippen LogP contribution in [-0.2, 0) is 4.79 Å². The zero-order valence-electron chi connectivity index (χ0n) is 12.0. The predicted molar refractivity (Wildman–Crippen MR) is 72.2 cm³/mol. The minimum atomic E-state index is -2.54. The smallest absolute Gasteiger partial charge is 0.317 e. The lowest BCUT2D eigenvalue weighted by Crippen LogP contribution is -2.47. The Bertz CT molecular complexity index is 386. The fourth-order valence-corrected chi connectivity index (χ4v) is 2.98. The maximum absolute atomic E-state index is 13.0. The number of halogens is 2. The molecule has 5 nitrogen and oxygen atoms in total. The van der Waals surface area contributed by atoms with Crippen LogP contribution < -0.4 is 5.32 Å². The normalized spacial score (nSPS) is 23.8. The third-order valence-electron chi connectivity index (χ3n) is 4.51. The summed E-state index contributed by atoms with van der Waals surface area (Å²) in [6, 6.07) is -0.212. The molecule has 0 radical (unpaired) electrons. The molecule has 0 bridgehead atoms. The lowest BCUT2D eigenvalue weighted by Gasteiger charge is -2.32. The number of rotatable bonds is 3. The lowest BCUT2D eigenvalue weighted by atomic mass is 9.87. The molecular weight excluding hydrogens is 282 g/mol. The van der Waals surface area contributed by atoms with E-state index in [1.54, 1.807) is 4.90 Å². The second-order valence-electron chi connectivity index (χ2n) is 6.08. The first-order valence-corrected chi connectivity index (χ1v) is 7.51. The molecule has 21 heavy (non-hydrogen) atoms. The largest absolute Gasteiger partial charge is 0.481 e. The molecule has 2 rings (SSSR count). The molecule has 0 aromatic rings. The summed E-state index contributed by atoms with van der Waals surface area (Å²) in [6.45, 7) is 1.30. The monoisotopic (exact) mass is 304 g/mol. The highest BCUT2D eigenvalue weighted by Gasteiger charge is 2.35. The first-order chi connectivity index (χ1) is 9.87. The molecule has 0 spiro atoms. The SMILES string of the molecule is O=C(O)C1CCN(C(=O)NCC2CCC(F)(F)CC2)CC1. The van der Waals surface area contributed by atoms with Gasteiger partial charge in [0, 0.05) is 32.5 Å². The molecule has 0 atom stereocenters. The van der Waals surface area contributed by atoms with Crippen LogP contribution in [0.2, 0.25) is 0 Å². The fourth-order valence-electron chi connectivity index (χ4n) is 2.98. The molecule has 1 aliphatic heterocycles. The van der Waals surface area contributed by atoms with Crippen molar-refractivity contribution in [3.63, 3.8) is 0 Å². The van der Waals surface area contributed by atoms with Crippen molar-refractivity contribution in [2.75, 3.05) is 19.6 Å². The molecule has 1 aliphatic carbocycles. The van der Waals surface area contributed by atoms with Gasteiger partial charge in [0.1, 0.15) is 0 Å². The number of likely N-dealkylation sites (tertiary alicyclic amines) is 1. The topological polar surface area (TPSA) is 69.6 Å². The number of carbonyl (C=O) groups excluding carboxylic acids is 1. The van der Waals surface area contributed by atoms with Crippen LogP contribution in [0.5, 0.6) is 0 Å². The molecule has 120 valence electrons. The number of piperidine rings is 1. The van der Waals surface area contributed by atoms with Crippen LogP contribution in [-0.4, -0.2) is 47.6 Å². The number of aliphatic carboxylic acids is 1. The Morgan fingerprint density at radius 1 is 1.14 bits per heavy atom. The number of carbonyl (C=O) groups is 2. The van der Waals surface area contributed by atoms with E-state index in [1.165, 1.54) is 0 Å². The molecule has 2 amide bonds. The van der Waals surface area contributed by atoms with Gasteiger partial charge in [-0.15, -0.1) is 0 Å². The third kappa shape index (κ3) is 4.54. The van der Waals surface area contributed by atoms with Crippen LogP contribution in [0.15, 0.2) is 0 Å². The van der Waals surface area contributed by atoms with Crippen molar-refractivity contribution >= 4 is 12.0 Å². The minimum Gasteiger partial charge on any atom is -0.481 e. The van der Waals surface area contributed by atoms with E-state index in [-0.39, 0.29) is 30.7 Å². The van der Waals surface area contributed by atoms with Gasteiger partial charge in [-0.2, -0.15) is 0 Å². The summed E-state index contributed by atoms with van der Waals surface area (Å²) >= 11 is 0. The summed E-state index contributed by atoms with van der Waals surface area (Å²) in [5, 5.41) is 11.7. The van der Waals surface area contributed by atoms with Crippen molar-refractivity contribution < 1.29 is 23.5 Å². The van der Waals surface area contributed by atoms with Gasteiger partial charge in [-0.3, -0.25) is 4.79 Å². The summed E-state index contributed by atoms with van der Waals surface area (Å²) in [5.74, 6) is -3.60. The molecule has 2 aliphatic rings. The number of alkyl halides is 2. The Hall–Kier alpha value is -1.40. The number of nitrogens with zero attached hydrogens (tertiary/aromatic N) is 1. The maximum atomic E-state index is 13.0. The van der Waals surface area contributed by atoms with Gasteiger partial charge in [0.25, 0.3) is 0 Å². The summed E-state index contributed by atoms with van der Waals surface area (Å²) in [5.41, 5.74) is 0. The first kappa shape index (κ1) is 16.0. The zero-order chi connectivity index (χ0) is 15.5. The summed E-state index contributed by atoms with van der Waals surface area (Å²) in [6.07, 6.45) is 1.62. The number of carboxylic acids is 1. The molecule has 1 saturated carbocycles. The standard InChI is InChI=1S/C14H22F2N2O3/c15-14(16)5-1-10(2-6-14)9-17-13(21)18-7-3-11(4-8-18)12(19)20/h10-11H,1-9H2,(H,17,21)(H,19,20). The Kier molecular flexibility index (Phi) is 5.00. The average Bonchev–Trinajstić information content (AvgIpc) is 2.46. The van der Waals surface area contributed by atoms with E-state index in [2.05, 4.69) is 5.32 Å². The van der Waals surface area contributed by atoms with Crippen LogP contribution in [0.1, 0.15) is 38.5 Å². The van der Waals surface area contributed by atoms with Gasteiger partial charge in [-0.05, 0) is 31.6 Å². The number of amides is 2. The molecule has 0 aromatic heterocycles. The van der Waals surface area contributed by atoms with E-state index >= 15 is 0 Å². The quantitative estimate of drug-likeness (QED) is 0.840. The lowest BCUT2D eigenvalue weighted by molar-refractivity contribution is -0.143. The number of urea groups is 1. The van der Waals surface area contributed by atoms with Crippen LogP contribution in [0.4, 0.5) is 13.6 Å². The van der Waals surface area contributed by atoms with Gasteiger partial charge >= 0.3 is 12.0 Å². The Morgan fingerprint density at radius 3 is 2.24 bits per heavy atom. The van der Waals surface area contributed by atoms with Gasteiger partial charge in [-0.25, -0.2) is 13.6 Å². The van der Waals surface area contributed by atoms with Crippen molar-refractivity contribution in [3.05, 3.63) is 0 Å². The molecule has 1 heterocycles. The van der Waals surface area contributed by atoms with Crippen molar-refractivity contribution in [1.82, 2.24) is 10.2 Å². The van der Waals surface area contributed by atoms with E-state index in [1.807, 2.05) is 0 Å². The van der Waals surface area contributed by atoms with Gasteiger partial charge in [0.15, 0.2) is 0 Å². The van der Waals surface area contributed by atoms with Crippen LogP contribution in [0.3, 0.4) is 0 Å². The molecule has 0 aromatic carbocycles. The number of nitrogens with one attached hydrogen (secondary N) is 1. The highest BCUT2D eigenvalue weighted by atomic mass is 19.3. The molecule has 2 fully saturated rings. The van der Waals surface area contributed by atoms with E-state index in [0.29, 0.717) is 45.3 Å². The molecule has 0 unspecified atom stereocenters. The van der Waals surface area contributed by atoms with E-state index in [4.69, 9.17) is 5.11 Å². The van der Waals surface area contributed by atoms with Gasteiger partial charge in [-0.1, -0.05) is 0 Å². The Balaban J connectivity index is 1.68. The summed E-state index contributed by atoms with van der Waals surface area (Å²) in [7, 11) is 0. The van der Waals surface area contributed by atoms with Crippen LogP contribution in [0.25, 0.3) is 0 Å². The second kappa shape index (κ2) is 6.58. The maximum Gasteiger partial charge on any atom is 0.317 e. The second-order valence-corrected chi connectivity index (χ2v) is 6.08. The van der Waals surface area contributed by atoms with Crippen molar-refractivity contribution in [3.8, 4) is 0 Å². The zero-order valence-corrected chi connectivity index (χ0v) is 12.0. The van der Waals surface area contributed by atoms with E-state index < -0.39 is 11.9 Å². The van der Waals surface area contributed by atoms with E-state index in [9.17, 15) is 18.4 Å². The Labute approximate surface area is 122 Å². The van der Waals surface area contributed by atoms with Crippen molar-refractivity contribution in [2.24, 2.45) is 11.8 Å². The van der Waals surface area contributed by atoms with Crippen molar-refractivity contribution in [2.45, 2.75) is 44.4 Å². The minimum absolute atomic E-state index is 0.0997. The number of hydrogen-bond donors (Lipinski definition) is 2. The molecule has 2 N–H and O–H groups in total.